The molecule has 1 atom stereocenters. The number of hydrogen-bond acceptors (Lipinski definition) is 5. The average molecular weight is 328 g/mol. The van der Waals surface area contributed by atoms with Crippen molar-refractivity contribution >= 4 is 15.9 Å². The third-order valence-corrected chi connectivity index (χ3v) is 3.99. The van der Waals surface area contributed by atoms with Crippen molar-refractivity contribution in [2.24, 2.45) is 0 Å². The summed E-state index contributed by atoms with van der Waals surface area (Å²) >= 11 is 0. The lowest BCUT2D eigenvalue weighted by Gasteiger charge is -2.27. The molecule has 0 fully saturated rings. The maximum atomic E-state index is 11.8. The highest BCUT2D eigenvalue weighted by Gasteiger charge is 2.23. The number of carbonyl (C=O) groups is 1. The Labute approximate surface area is 130 Å². The van der Waals surface area contributed by atoms with Gasteiger partial charge in [-0.3, -0.25) is 4.79 Å². The largest absolute Gasteiger partial charge is 0.493 e. The van der Waals surface area contributed by atoms with Gasteiger partial charge in [0, 0.05) is 18.5 Å². The number of para-hydroxylation sites is 1. The van der Waals surface area contributed by atoms with Crippen LogP contribution in [0.25, 0.3) is 0 Å². The topological polar surface area (TPSA) is 93.7 Å². The maximum Gasteiger partial charge on any atom is 0.221 e. The number of fused-ring (bicyclic) bond motifs is 1. The predicted octanol–water partition coefficient (Wildman–Crippen LogP) is 0.0542. The van der Waals surface area contributed by atoms with Crippen LogP contribution in [0.4, 0.5) is 0 Å². The number of carbonyl (C=O) groups excluding carboxylic acids is 1. The van der Waals surface area contributed by atoms with Crippen LogP contribution in [-0.2, 0) is 21.2 Å². The minimum atomic E-state index is -3.27. The van der Waals surface area contributed by atoms with Gasteiger partial charge in [0.2, 0.25) is 15.9 Å². The molecule has 1 unspecified atom stereocenters. The van der Waals surface area contributed by atoms with Gasteiger partial charge in [0.25, 0.3) is 0 Å². The molecule has 1 aromatic carbocycles. The molecule has 1 amide bonds. The van der Waals surface area contributed by atoms with E-state index in [1.54, 1.807) is 7.11 Å². The minimum absolute atomic E-state index is 0.0860. The Morgan fingerprint density at radius 3 is 2.91 bits per heavy atom. The number of benzene rings is 1. The first-order valence-corrected chi connectivity index (χ1v) is 8.81. The van der Waals surface area contributed by atoms with Gasteiger partial charge in [-0.05, 0) is 12.5 Å². The van der Waals surface area contributed by atoms with E-state index >= 15 is 0 Å². The van der Waals surface area contributed by atoms with Crippen LogP contribution in [0.5, 0.6) is 11.5 Å². The summed E-state index contributed by atoms with van der Waals surface area (Å²) in [6.07, 6.45) is 1.80. The van der Waals surface area contributed by atoms with Crippen molar-refractivity contribution in [3.63, 3.8) is 0 Å². The third-order valence-electron chi connectivity index (χ3n) is 3.26. The molecule has 2 N–H and O–H groups in total. The van der Waals surface area contributed by atoms with Crippen LogP contribution < -0.4 is 19.5 Å². The van der Waals surface area contributed by atoms with Crippen molar-refractivity contribution in [2.45, 2.75) is 18.9 Å². The van der Waals surface area contributed by atoms with E-state index in [1.165, 1.54) is 0 Å². The highest BCUT2D eigenvalue weighted by atomic mass is 32.2. The number of ether oxygens (including phenoxy) is 2. The van der Waals surface area contributed by atoms with Crippen molar-refractivity contribution in [1.82, 2.24) is 10.0 Å². The molecule has 22 heavy (non-hydrogen) atoms. The monoisotopic (exact) mass is 328 g/mol. The molecule has 0 spiro atoms. The highest BCUT2D eigenvalue weighted by molar-refractivity contribution is 7.88. The van der Waals surface area contributed by atoms with Crippen LogP contribution in [0.3, 0.4) is 0 Å². The molecule has 2 rings (SSSR count). The number of amides is 1. The van der Waals surface area contributed by atoms with E-state index in [-0.39, 0.29) is 24.9 Å². The fourth-order valence-corrected chi connectivity index (χ4v) is 2.77. The zero-order valence-corrected chi connectivity index (χ0v) is 13.4. The molecule has 0 saturated carbocycles. The van der Waals surface area contributed by atoms with E-state index in [1.807, 2.05) is 18.2 Å². The Kier molecular flexibility index (Phi) is 5.25. The zero-order chi connectivity index (χ0) is 16.2. The average Bonchev–Trinajstić information content (AvgIpc) is 2.44. The van der Waals surface area contributed by atoms with Crippen LogP contribution in [0, 0.1) is 0 Å². The van der Waals surface area contributed by atoms with Gasteiger partial charge in [-0.1, -0.05) is 12.1 Å². The number of methoxy groups -OCH3 is 1. The van der Waals surface area contributed by atoms with E-state index in [2.05, 4.69) is 10.0 Å². The molecule has 1 heterocycles. The molecule has 0 aliphatic carbocycles. The molecule has 0 bridgehead atoms. The number of nitrogens with one attached hydrogen (secondary N) is 2. The second kappa shape index (κ2) is 6.97. The molecule has 1 aliphatic rings. The van der Waals surface area contributed by atoms with E-state index in [0.717, 1.165) is 11.8 Å². The van der Waals surface area contributed by atoms with Crippen molar-refractivity contribution in [2.75, 3.05) is 26.5 Å². The molecule has 1 aromatic rings. The normalized spacial score (nSPS) is 17.3. The molecule has 7 nitrogen and oxygen atoms in total. The zero-order valence-electron chi connectivity index (χ0n) is 12.6. The fraction of sp³-hybridized carbons (Fsp3) is 0.500. The smallest absolute Gasteiger partial charge is 0.221 e. The summed E-state index contributed by atoms with van der Waals surface area (Å²) in [7, 11) is -1.68. The second-order valence-electron chi connectivity index (χ2n) is 5.14. The van der Waals surface area contributed by atoms with E-state index in [9.17, 15) is 13.2 Å². The summed E-state index contributed by atoms with van der Waals surface area (Å²) in [5, 5.41) is 2.84. The summed E-state index contributed by atoms with van der Waals surface area (Å²) in [5.74, 6) is 1.19. The lowest BCUT2D eigenvalue weighted by molar-refractivity contribution is -0.121. The second-order valence-corrected chi connectivity index (χ2v) is 6.98. The first-order valence-electron chi connectivity index (χ1n) is 6.91. The Balaban J connectivity index is 1.86. The van der Waals surface area contributed by atoms with Crippen molar-refractivity contribution < 1.29 is 22.7 Å². The Morgan fingerprint density at radius 1 is 1.45 bits per heavy atom. The summed E-state index contributed by atoms with van der Waals surface area (Å²) in [5.41, 5.74) is 0.977. The predicted molar refractivity (Wildman–Crippen MR) is 81.6 cm³/mol. The van der Waals surface area contributed by atoms with Crippen molar-refractivity contribution in [3.8, 4) is 11.5 Å². The molecule has 122 valence electrons. The van der Waals surface area contributed by atoms with Crippen LogP contribution in [0.2, 0.25) is 0 Å². The molecule has 0 aromatic heterocycles. The van der Waals surface area contributed by atoms with Crippen LogP contribution in [0.15, 0.2) is 18.2 Å². The van der Waals surface area contributed by atoms with Gasteiger partial charge in [-0.25, -0.2) is 13.1 Å². The molecule has 0 radical (unpaired) electrons. The quantitative estimate of drug-likeness (QED) is 0.770. The SMILES string of the molecule is COc1cccc2c1OCC(NC(=O)CCNS(C)(=O)=O)C2. The summed E-state index contributed by atoms with van der Waals surface area (Å²) in [4.78, 5) is 11.8. The number of hydrogen-bond donors (Lipinski definition) is 2. The number of rotatable bonds is 6. The summed E-state index contributed by atoms with van der Waals surface area (Å²) in [6.45, 7) is 0.446. The Bertz CT molecular complexity index is 645. The third kappa shape index (κ3) is 4.60. The number of sulfonamides is 1. The summed E-state index contributed by atoms with van der Waals surface area (Å²) in [6, 6.07) is 5.50. The van der Waals surface area contributed by atoms with Crippen molar-refractivity contribution in [1.29, 1.82) is 0 Å². The highest BCUT2D eigenvalue weighted by Crippen LogP contribution is 2.34. The molecule has 8 heteroatoms. The van der Waals surface area contributed by atoms with Gasteiger partial charge in [0.05, 0.1) is 19.4 Å². The van der Waals surface area contributed by atoms with Gasteiger partial charge in [-0.2, -0.15) is 0 Å². The van der Waals surface area contributed by atoms with E-state index in [0.29, 0.717) is 24.5 Å². The van der Waals surface area contributed by atoms with Crippen molar-refractivity contribution in [3.05, 3.63) is 23.8 Å². The lowest BCUT2D eigenvalue weighted by Crippen LogP contribution is -2.43. The van der Waals surface area contributed by atoms with Gasteiger partial charge in [0.15, 0.2) is 11.5 Å². The minimum Gasteiger partial charge on any atom is -0.493 e. The van der Waals surface area contributed by atoms with Crippen LogP contribution in [0.1, 0.15) is 12.0 Å². The Morgan fingerprint density at radius 2 is 2.23 bits per heavy atom. The molecule has 1 aliphatic heterocycles. The molecular weight excluding hydrogens is 308 g/mol. The van der Waals surface area contributed by atoms with Gasteiger partial charge >= 0.3 is 0 Å². The van der Waals surface area contributed by atoms with E-state index < -0.39 is 10.0 Å². The standard InChI is InChI=1S/C14H20N2O5S/c1-20-12-5-3-4-10-8-11(9-21-14(10)12)16-13(17)6-7-15-22(2,18)19/h3-5,11,15H,6-9H2,1-2H3,(H,16,17). The van der Waals surface area contributed by atoms with Crippen LogP contribution >= 0.6 is 0 Å². The molecule has 0 saturated heterocycles. The summed E-state index contributed by atoms with van der Waals surface area (Å²) < 4.78 is 35.0. The lowest BCUT2D eigenvalue weighted by atomic mass is 10.0. The van der Waals surface area contributed by atoms with Gasteiger partial charge < -0.3 is 14.8 Å². The Hall–Kier alpha value is -1.80. The first-order chi connectivity index (χ1) is 10.4. The first kappa shape index (κ1) is 16.6. The van der Waals surface area contributed by atoms with E-state index in [4.69, 9.17) is 9.47 Å². The van der Waals surface area contributed by atoms with Crippen LogP contribution in [-0.4, -0.2) is 46.9 Å². The maximum absolute atomic E-state index is 11.8. The van der Waals surface area contributed by atoms with Gasteiger partial charge in [0.1, 0.15) is 6.61 Å². The fourth-order valence-electron chi connectivity index (χ4n) is 2.30. The van der Waals surface area contributed by atoms with Gasteiger partial charge in [-0.15, -0.1) is 0 Å². The molecular formula is C14H20N2O5S.